The zero-order chi connectivity index (χ0) is 18.6. The maximum absolute atomic E-state index is 12.4. The maximum Gasteiger partial charge on any atom is 0.251 e. The molecule has 0 aliphatic heterocycles. The summed E-state index contributed by atoms with van der Waals surface area (Å²) in [5, 5.41) is 2.75. The second-order valence-corrected chi connectivity index (χ2v) is 7.57. The van der Waals surface area contributed by atoms with Crippen LogP contribution in [0.25, 0.3) is 11.0 Å². The van der Waals surface area contributed by atoms with Gasteiger partial charge in [0.25, 0.3) is 5.91 Å². The van der Waals surface area contributed by atoms with Gasteiger partial charge in [0.2, 0.25) is 10.0 Å². The van der Waals surface area contributed by atoms with E-state index in [4.69, 9.17) is 0 Å². The highest BCUT2D eigenvalue weighted by molar-refractivity contribution is 7.89. The fourth-order valence-electron chi connectivity index (χ4n) is 2.46. The van der Waals surface area contributed by atoms with Crippen LogP contribution in [0.2, 0.25) is 0 Å². The molecule has 8 heteroatoms. The third kappa shape index (κ3) is 4.09. The number of aromatic nitrogens is 2. The first kappa shape index (κ1) is 18.1. The van der Waals surface area contributed by atoms with Crippen LogP contribution in [0.3, 0.4) is 0 Å². The van der Waals surface area contributed by atoms with Crippen molar-refractivity contribution in [3.05, 3.63) is 59.9 Å². The van der Waals surface area contributed by atoms with Gasteiger partial charge in [-0.15, -0.1) is 0 Å². The van der Waals surface area contributed by atoms with Crippen molar-refractivity contribution < 1.29 is 13.2 Å². The predicted molar refractivity (Wildman–Crippen MR) is 99.2 cm³/mol. The summed E-state index contributed by atoms with van der Waals surface area (Å²) < 4.78 is 27.4. The number of imidazole rings is 1. The number of H-pyrrole nitrogens is 1. The molecular formula is C18H20N4O3S. The highest BCUT2D eigenvalue weighted by Crippen LogP contribution is 2.13. The van der Waals surface area contributed by atoms with E-state index in [2.05, 4.69) is 20.0 Å². The van der Waals surface area contributed by atoms with Gasteiger partial charge in [-0.3, -0.25) is 4.79 Å². The Morgan fingerprint density at radius 3 is 2.54 bits per heavy atom. The topological polar surface area (TPSA) is 104 Å². The van der Waals surface area contributed by atoms with Crippen molar-refractivity contribution in [2.75, 3.05) is 6.54 Å². The molecule has 0 bridgehead atoms. The number of nitrogens with one attached hydrogen (secondary N) is 3. The summed E-state index contributed by atoms with van der Waals surface area (Å²) in [5.74, 6) is 0.316. The van der Waals surface area contributed by atoms with Gasteiger partial charge in [0, 0.05) is 12.1 Å². The van der Waals surface area contributed by atoms with Crippen molar-refractivity contribution >= 4 is 27.0 Å². The molecule has 3 rings (SSSR count). The fourth-order valence-corrected chi connectivity index (χ4v) is 3.45. The summed E-state index contributed by atoms with van der Waals surface area (Å²) in [4.78, 5) is 19.4. The maximum atomic E-state index is 12.4. The zero-order valence-electron chi connectivity index (χ0n) is 14.3. The van der Waals surface area contributed by atoms with E-state index in [1.165, 1.54) is 24.3 Å². The first-order valence-corrected chi connectivity index (χ1v) is 9.79. The van der Waals surface area contributed by atoms with Gasteiger partial charge in [-0.2, -0.15) is 0 Å². The summed E-state index contributed by atoms with van der Waals surface area (Å²) in [6.07, 6.45) is 0.837. The van der Waals surface area contributed by atoms with Crippen molar-refractivity contribution in [2.24, 2.45) is 0 Å². The quantitative estimate of drug-likeness (QED) is 0.591. The number of carbonyl (C=O) groups is 1. The average molecular weight is 372 g/mol. The first-order valence-electron chi connectivity index (χ1n) is 8.31. The van der Waals surface area contributed by atoms with E-state index in [1.807, 2.05) is 31.2 Å². The number of hydrogen-bond acceptors (Lipinski definition) is 4. The molecule has 1 amide bonds. The lowest BCUT2D eigenvalue weighted by atomic mass is 10.2. The van der Waals surface area contributed by atoms with Crippen LogP contribution in [-0.4, -0.2) is 30.8 Å². The summed E-state index contributed by atoms with van der Waals surface area (Å²) in [6, 6.07) is 13.3. The summed E-state index contributed by atoms with van der Waals surface area (Å²) in [6.45, 7) is 2.59. The average Bonchev–Trinajstić information content (AvgIpc) is 3.08. The minimum atomic E-state index is -3.70. The molecule has 7 nitrogen and oxygen atoms in total. The Bertz CT molecular complexity index is 977. The van der Waals surface area contributed by atoms with Gasteiger partial charge in [-0.1, -0.05) is 19.1 Å². The van der Waals surface area contributed by atoms with E-state index in [9.17, 15) is 13.2 Å². The molecule has 3 aromatic rings. The number of para-hydroxylation sites is 2. The van der Waals surface area contributed by atoms with Crippen molar-refractivity contribution in [2.45, 2.75) is 24.8 Å². The highest BCUT2D eigenvalue weighted by Gasteiger charge is 2.15. The Kier molecular flexibility index (Phi) is 5.34. The monoisotopic (exact) mass is 372 g/mol. The number of fused-ring (bicyclic) bond motifs is 1. The Morgan fingerprint density at radius 1 is 1.12 bits per heavy atom. The lowest BCUT2D eigenvalue weighted by Gasteiger charge is -2.07. The smallest absolute Gasteiger partial charge is 0.251 e. The standard InChI is InChI=1S/C18H20N4O3S/c1-2-11-19-18(23)13-7-9-14(10-8-13)26(24,25)20-12-17-21-15-5-3-4-6-16(15)22-17/h3-10,20H,2,11-12H2,1H3,(H,19,23)(H,21,22). The number of nitrogens with zero attached hydrogens (tertiary/aromatic N) is 1. The van der Waals surface area contributed by atoms with Gasteiger partial charge < -0.3 is 10.3 Å². The normalized spacial score (nSPS) is 11.6. The number of carbonyl (C=O) groups excluding carboxylic acids is 1. The molecule has 2 aromatic carbocycles. The summed E-state index contributed by atoms with van der Waals surface area (Å²) in [7, 11) is -3.70. The number of rotatable bonds is 7. The van der Waals surface area contributed by atoms with E-state index in [0.717, 1.165) is 17.5 Å². The SMILES string of the molecule is CCCNC(=O)c1ccc(S(=O)(=O)NCc2nc3ccccc3[nH]2)cc1. The van der Waals surface area contributed by atoms with Crippen molar-refractivity contribution in [1.29, 1.82) is 0 Å². The van der Waals surface area contributed by atoms with E-state index in [-0.39, 0.29) is 17.3 Å². The molecule has 0 atom stereocenters. The van der Waals surface area contributed by atoms with Gasteiger partial charge in [0.15, 0.2) is 0 Å². The molecule has 1 heterocycles. The minimum Gasteiger partial charge on any atom is -0.352 e. The number of benzene rings is 2. The highest BCUT2D eigenvalue weighted by atomic mass is 32.2. The Balaban J connectivity index is 1.68. The van der Waals surface area contributed by atoms with E-state index in [1.54, 1.807) is 0 Å². The van der Waals surface area contributed by atoms with Crippen LogP contribution in [0.4, 0.5) is 0 Å². The Morgan fingerprint density at radius 2 is 1.85 bits per heavy atom. The van der Waals surface area contributed by atoms with Gasteiger partial charge in [0.05, 0.1) is 22.5 Å². The Hall–Kier alpha value is -2.71. The molecule has 0 radical (unpaired) electrons. The van der Waals surface area contributed by atoms with E-state index >= 15 is 0 Å². The molecule has 3 N–H and O–H groups in total. The van der Waals surface area contributed by atoms with Crippen molar-refractivity contribution in [3.63, 3.8) is 0 Å². The first-order chi connectivity index (χ1) is 12.5. The van der Waals surface area contributed by atoms with Crippen LogP contribution in [-0.2, 0) is 16.6 Å². The molecule has 0 fully saturated rings. The van der Waals surface area contributed by atoms with Gasteiger partial charge >= 0.3 is 0 Å². The van der Waals surface area contributed by atoms with Crippen LogP contribution in [0.1, 0.15) is 29.5 Å². The summed E-state index contributed by atoms with van der Waals surface area (Å²) in [5.41, 5.74) is 2.06. The molecule has 26 heavy (non-hydrogen) atoms. The van der Waals surface area contributed by atoms with Crippen LogP contribution in [0.15, 0.2) is 53.4 Å². The van der Waals surface area contributed by atoms with Crippen molar-refractivity contribution in [3.8, 4) is 0 Å². The molecule has 0 aliphatic carbocycles. The number of aromatic amines is 1. The molecule has 0 saturated heterocycles. The lowest BCUT2D eigenvalue weighted by molar-refractivity contribution is 0.0953. The third-order valence-corrected chi connectivity index (χ3v) is 5.25. The third-order valence-electron chi connectivity index (χ3n) is 3.83. The molecule has 0 spiro atoms. The van der Waals surface area contributed by atoms with Crippen LogP contribution >= 0.6 is 0 Å². The summed E-state index contributed by atoms with van der Waals surface area (Å²) >= 11 is 0. The van der Waals surface area contributed by atoms with Gasteiger partial charge in [-0.05, 0) is 42.8 Å². The fraction of sp³-hybridized carbons (Fsp3) is 0.222. The minimum absolute atomic E-state index is 0.0513. The molecule has 136 valence electrons. The molecule has 0 aliphatic rings. The largest absolute Gasteiger partial charge is 0.352 e. The van der Waals surface area contributed by atoms with Crippen LogP contribution in [0.5, 0.6) is 0 Å². The molecule has 0 unspecified atom stereocenters. The second kappa shape index (κ2) is 7.67. The lowest BCUT2D eigenvalue weighted by Crippen LogP contribution is -2.25. The van der Waals surface area contributed by atoms with E-state index < -0.39 is 10.0 Å². The van der Waals surface area contributed by atoms with Crippen LogP contribution < -0.4 is 10.0 Å². The van der Waals surface area contributed by atoms with E-state index in [0.29, 0.717) is 17.9 Å². The number of sulfonamides is 1. The second-order valence-electron chi connectivity index (χ2n) is 5.81. The molecule has 1 aromatic heterocycles. The molecule has 0 saturated carbocycles. The Labute approximate surface area is 151 Å². The molecular weight excluding hydrogens is 352 g/mol. The van der Waals surface area contributed by atoms with Gasteiger partial charge in [-0.25, -0.2) is 18.1 Å². The zero-order valence-corrected chi connectivity index (χ0v) is 15.1. The van der Waals surface area contributed by atoms with Crippen LogP contribution in [0, 0.1) is 0 Å². The van der Waals surface area contributed by atoms with Gasteiger partial charge in [0.1, 0.15) is 5.82 Å². The predicted octanol–water partition coefficient (Wildman–Crippen LogP) is 2.18. The number of amides is 1. The van der Waals surface area contributed by atoms with Crippen molar-refractivity contribution in [1.82, 2.24) is 20.0 Å². The number of hydrogen-bond donors (Lipinski definition) is 3.